The quantitative estimate of drug-likeness (QED) is 0.155. The zero-order chi connectivity index (χ0) is 56.4. The van der Waals surface area contributed by atoms with Crippen LogP contribution in [0.4, 0.5) is 34.1 Å². The highest BCUT2D eigenvalue weighted by molar-refractivity contribution is 7.06. The monoisotopic (exact) mass is 1080 g/mol. The van der Waals surface area contributed by atoms with E-state index in [1.165, 1.54) is 65.3 Å². The molecule has 13 rings (SSSR count). The molecule has 0 bridgehead atoms. The molecule has 2 aliphatic rings. The van der Waals surface area contributed by atoms with Gasteiger partial charge in [0, 0.05) is 44.6 Å². The van der Waals surface area contributed by atoms with E-state index in [0.717, 1.165) is 78.0 Å². The van der Waals surface area contributed by atoms with Gasteiger partial charge < -0.3 is 18.6 Å². The van der Waals surface area contributed by atoms with E-state index in [1.807, 2.05) is 0 Å². The first-order chi connectivity index (χ1) is 37.7. The van der Waals surface area contributed by atoms with E-state index in [0.29, 0.717) is 0 Å². The molecule has 0 aliphatic carbocycles. The van der Waals surface area contributed by atoms with Gasteiger partial charge in [-0.2, -0.15) is 0 Å². The fourth-order valence-electron chi connectivity index (χ4n) is 13.3. The first kappa shape index (κ1) is 52.0. The van der Waals surface area contributed by atoms with Gasteiger partial charge >= 0.3 is 0 Å². The molecule has 0 saturated heterocycles. The molecule has 80 heavy (non-hydrogen) atoms. The fourth-order valence-corrected chi connectivity index (χ4v) is 19.3. The van der Waals surface area contributed by atoms with E-state index >= 15 is 0 Å². The highest BCUT2D eigenvalue weighted by Crippen LogP contribution is 2.51. The third-order valence-corrected chi connectivity index (χ3v) is 25.1. The van der Waals surface area contributed by atoms with Crippen molar-refractivity contribution in [2.75, 3.05) is 9.80 Å². The molecule has 11 aromatic rings. The minimum Gasteiger partial charge on any atom is -0.455 e. The molecule has 0 atom stereocenters. The zero-order valence-electron chi connectivity index (χ0n) is 49.9. The van der Waals surface area contributed by atoms with Gasteiger partial charge in [-0.3, -0.25) is 0 Å². The number of rotatable bonds is 6. The minimum atomic E-state index is -2.47. The Morgan fingerprint density at radius 3 is 0.875 bits per heavy atom. The Morgan fingerprint density at radius 1 is 0.325 bits per heavy atom. The van der Waals surface area contributed by atoms with Crippen molar-refractivity contribution in [2.24, 2.45) is 0 Å². The molecule has 2 aromatic heterocycles. The lowest BCUT2D eigenvalue weighted by molar-refractivity contribution is 0.590. The van der Waals surface area contributed by atoms with E-state index in [9.17, 15) is 0 Å². The number of para-hydroxylation sites is 2. The van der Waals surface area contributed by atoms with Gasteiger partial charge in [-0.15, -0.1) is 0 Å². The van der Waals surface area contributed by atoms with Crippen LogP contribution in [-0.4, -0.2) is 16.1 Å². The van der Waals surface area contributed by atoms with Crippen LogP contribution in [0, 0.1) is 0 Å². The Morgan fingerprint density at radius 2 is 0.600 bits per heavy atom. The van der Waals surface area contributed by atoms with Gasteiger partial charge in [-0.25, -0.2) is 0 Å². The van der Waals surface area contributed by atoms with E-state index in [4.69, 9.17) is 8.83 Å². The second kappa shape index (κ2) is 17.6. The van der Waals surface area contributed by atoms with Crippen molar-refractivity contribution in [2.45, 2.75) is 131 Å². The van der Waals surface area contributed by atoms with Gasteiger partial charge in [-0.1, -0.05) is 206 Å². The summed E-state index contributed by atoms with van der Waals surface area (Å²) in [6.45, 7) is 37.8. The number of anilines is 6. The molecule has 6 heteroatoms. The Kier molecular flexibility index (Phi) is 11.4. The first-order valence-corrected chi connectivity index (χ1v) is 34.9. The molecule has 0 amide bonds. The Hall–Kier alpha value is -7.39. The molecule has 4 nitrogen and oxygen atoms in total. The highest BCUT2D eigenvalue weighted by Gasteiger charge is 2.47. The molecule has 0 fully saturated rings. The maximum absolute atomic E-state index is 7.32. The van der Waals surface area contributed by atoms with Crippen LogP contribution < -0.4 is 30.5 Å². The van der Waals surface area contributed by atoms with Crippen molar-refractivity contribution in [3.63, 3.8) is 0 Å². The fraction of sp³-hybridized carbons (Fsp3) is 0.270. The second-order valence-electron chi connectivity index (χ2n) is 28.3. The molecular weight excluding hydrogens is 1000 g/mol. The molecule has 0 N–H and O–H groups in total. The summed E-state index contributed by atoms with van der Waals surface area (Å²) in [7, 11) is -4.94. The van der Waals surface area contributed by atoms with Crippen LogP contribution in [0.1, 0.15) is 105 Å². The molecule has 0 unspecified atom stereocenters. The number of furan rings is 2. The van der Waals surface area contributed by atoms with Crippen LogP contribution >= 0.6 is 0 Å². The van der Waals surface area contributed by atoms with Crippen molar-refractivity contribution in [1.29, 1.82) is 0 Å². The van der Waals surface area contributed by atoms with Crippen molar-refractivity contribution < 1.29 is 8.83 Å². The van der Waals surface area contributed by atoms with E-state index < -0.39 is 16.1 Å². The molecule has 0 spiro atoms. The van der Waals surface area contributed by atoms with E-state index in [2.05, 4.69) is 289 Å². The van der Waals surface area contributed by atoms with E-state index in [-0.39, 0.29) is 21.7 Å². The van der Waals surface area contributed by atoms with Crippen LogP contribution in [-0.2, 0) is 21.7 Å². The molecule has 4 heterocycles. The lowest BCUT2D eigenvalue weighted by Crippen LogP contribution is -2.51. The molecule has 0 radical (unpaired) electrons. The summed E-state index contributed by atoms with van der Waals surface area (Å²) in [6, 6.07) is 64.8. The molecule has 2 aliphatic heterocycles. The number of nitrogens with zero attached hydrogens (tertiary/aromatic N) is 2. The topological polar surface area (TPSA) is 32.8 Å². The Bertz CT molecular complexity index is 3900. The summed E-state index contributed by atoms with van der Waals surface area (Å²) in [4.78, 5) is 5.00. The Balaban J connectivity index is 1.05. The number of benzene rings is 9. The van der Waals surface area contributed by atoms with Gasteiger partial charge in [0.05, 0.1) is 22.1 Å². The zero-order valence-corrected chi connectivity index (χ0v) is 51.9. The van der Waals surface area contributed by atoms with Gasteiger partial charge in [0.25, 0.3) is 0 Å². The van der Waals surface area contributed by atoms with Crippen LogP contribution in [0.15, 0.2) is 179 Å². The number of hydrogen-bond acceptors (Lipinski definition) is 4. The second-order valence-corrected chi connectivity index (χ2v) is 36.9. The van der Waals surface area contributed by atoms with Crippen LogP contribution in [0.3, 0.4) is 0 Å². The molecule has 0 saturated carbocycles. The summed E-state index contributed by atoms with van der Waals surface area (Å²) in [5, 5.41) is 10.3. The first-order valence-electron chi connectivity index (χ1n) is 28.9. The maximum atomic E-state index is 7.32. The normalized spacial score (nSPS) is 14.7. The van der Waals surface area contributed by atoms with Crippen LogP contribution in [0.25, 0.3) is 66.1 Å². The predicted octanol–water partition coefficient (Wildman–Crippen LogP) is 19.2. The Labute approximate surface area is 476 Å². The standard InChI is InChI=1S/C74H76N2O2Si2/c1-71(2,3)45-25-33-49(34-26-45)75(50-35-27-46(28-36-50)72(4,5)6)57-43-63-67(69-65(57)53-21-17-19-23-59(53)77-69)55-41-62-56(42-61(55)79(63,13)14)68-64(80(62,15)16)44-58(66-54-22-18-20-24-60(54)78-70(66)68)76(51-37-29-47(30-38-51)73(7,8)9)52-39-31-48(32-40-52)74(10,11)12/h17-44H,1-16H3. The van der Waals surface area contributed by atoms with Gasteiger partial charge in [-0.05, 0) is 149 Å². The van der Waals surface area contributed by atoms with Crippen molar-refractivity contribution in [3.05, 3.63) is 192 Å². The smallest absolute Gasteiger partial charge is 0.145 e. The largest absolute Gasteiger partial charge is 0.455 e. The average Bonchev–Trinajstić information content (AvgIpc) is 4.31. The van der Waals surface area contributed by atoms with Crippen molar-refractivity contribution in [1.82, 2.24) is 0 Å². The average molecular weight is 1080 g/mol. The SMILES string of the molecule is CC(C)(C)c1ccc(N(c2ccc(C(C)(C)C)cc2)c2cc3c(c4oc5ccccc5c24)-c2cc4c(cc2[Si]3(C)C)-c2c(cc(N(c3ccc(C(C)(C)C)cc3)c3ccc(C(C)(C)C)cc3)c3c2oc2ccccc23)[Si]4(C)C)cc1. The lowest BCUT2D eigenvalue weighted by atomic mass is 9.86. The van der Waals surface area contributed by atoms with Crippen molar-refractivity contribution in [3.8, 4) is 22.3 Å². The number of fused-ring (bicyclic) bond motifs is 14. The van der Waals surface area contributed by atoms with Crippen molar-refractivity contribution >= 4 is 115 Å². The summed E-state index contributed by atoms with van der Waals surface area (Å²) in [5.74, 6) is 0. The molecule has 9 aromatic carbocycles. The molecule has 402 valence electrons. The minimum absolute atomic E-state index is 0.0234. The van der Waals surface area contributed by atoms with Crippen LogP contribution in [0.2, 0.25) is 26.2 Å². The highest BCUT2D eigenvalue weighted by atomic mass is 28.3. The third-order valence-electron chi connectivity index (χ3n) is 18.1. The summed E-state index contributed by atoms with van der Waals surface area (Å²) < 4.78 is 14.6. The predicted molar refractivity (Wildman–Crippen MR) is 350 cm³/mol. The molecular formula is C74H76N2O2Si2. The summed E-state index contributed by atoms with van der Waals surface area (Å²) in [6.07, 6.45) is 0. The number of hydrogen-bond donors (Lipinski definition) is 0. The van der Waals surface area contributed by atoms with Crippen LogP contribution in [0.5, 0.6) is 0 Å². The van der Waals surface area contributed by atoms with Gasteiger partial charge in [0.15, 0.2) is 0 Å². The van der Waals surface area contributed by atoms with E-state index in [1.54, 1.807) is 0 Å². The summed E-state index contributed by atoms with van der Waals surface area (Å²) in [5.41, 5.74) is 21.1. The summed E-state index contributed by atoms with van der Waals surface area (Å²) >= 11 is 0. The lowest BCUT2D eigenvalue weighted by Gasteiger charge is -2.30. The van der Waals surface area contributed by atoms with Gasteiger partial charge in [0.1, 0.15) is 38.5 Å². The maximum Gasteiger partial charge on any atom is 0.145 e. The van der Waals surface area contributed by atoms with Gasteiger partial charge in [0.2, 0.25) is 0 Å². The third kappa shape index (κ3) is 8.02.